The number of aliphatic hydroxyl groups excluding tert-OH is 1. The van der Waals surface area contributed by atoms with Gasteiger partial charge in [0.2, 0.25) is 0 Å². The number of likely N-dealkylation sites (tertiary alicyclic amines) is 1. The number of rotatable bonds is 7. The minimum Gasteiger partial charge on any atom is -0.481 e. The molecule has 1 fully saturated rings. The van der Waals surface area contributed by atoms with Gasteiger partial charge in [-0.25, -0.2) is 13.2 Å². The highest BCUT2D eigenvalue weighted by Gasteiger charge is 2.44. The van der Waals surface area contributed by atoms with E-state index < -0.39 is 46.7 Å². The number of carboxylic acid groups (broad SMARTS) is 1. The normalized spacial score (nSPS) is 15.0. The number of amides is 1. The average Bonchev–Trinajstić information content (AvgIpc) is 2.70. The number of aliphatic carboxylic acids is 1. The Kier molecular flexibility index (Phi) is 9.67. The summed E-state index contributed by atoms with van der Waals surface area (Å²) in [7, 11) is 0. The number of halogens is 4. The Labute approximate surface area is 207 Å². The number of aliphatic hydroxyl groups is 2. The van der Waals surface area contributed by atoms with E-state index >= 15 is 0 Å². The van der Waals surface area contributed by atoms with E-state index in [0.717, 1.165) is 19.1 Å². The maximum atomic E-state index is 14.5. The zero-order valence-electron chi connectivity index (χ0n) is 18.4. The van der Waals surface area contributed by atoms with Crippen molar-refractivity contribution in [2.45, 2.75) is 25.6 Å². The van der Waals surface area contributed by atoms with Gasteiger partial charge < -0.3 is 30.9 Å². The Morgan fingerprint density at radius 2 is 1.79 bits per heavy atom. The van der Waals surface area contributed by atoms with E-state index in [4.69, 9.17) is 9.90 Å². The van der Waals surface area contributed by atoms with Gasteiger partial charge in [-0.15, -0.1) is 0 Å². The molecule has 0 saturated carbocycles. The first-order chi connectivity index (χ1) is 15.8. The number of anilines is 2. The fourth-order valence-electron chi connectivity index (χ4n) is 3.18. The monoisotopic (exact) mass is 595 g/mol. The minimum atomic E-state index is -1.30. The summed E-state index contributed by atoms with van der Waals surface area (Å²) in [5.74, 6) is -4.61. The number of carboxylic acids is 1. The van der Waals surface area contributed by atoms with E-state index in [2.05, 4.69) is 10.6 Å². The van der Waals surface area contributed by atoms with Crippen LogP contribution in [0.1, 0.15) is 24.2 Å². The molecule has 0 bridgehead atoms. The Bertz CT molecular complexity index is 1040. The third-order valence-corrected chi connectivity index (χ3v) is 5.34. The van der Waals surface area contributed by atoms with E-state index in [1.165, 1.54) is 17.0 Å². The van der Waals surface area contributed by atoms with E-state index in [0.29, 0.717) is 3.57 Å². The molecule has 1 unspecified atom stereocenters. The van der Waals surface area contributed by atoms with Gasteiger partial charge in [-0.05, 0) is 59.8 Å². The molecule has 0 aliphatic carbocycles. The first kappa shape index (κ1) is 27.8. The molecule has 186 valence electrons. The van der Waals surface area contributed by atoms with Crippen molar-refractivity contribution in [3.05, 3.63) is 56.9 Å². The fraction of sp³-hybridized carbons (Fsp3) is 0.364. The molecule has 1 amide bonds. The van der Waals surface area contributed by atoms with Crippen LogP contribution in [0.3, 0.4) is 0 Å². The van der Waals surface area contributed by atoms with Gasteiger partial charge in [0.25, 0.3) is 11.9 Å². The lowest BCUT2D eigenvalue weighted by molar-refractivity contribution is -0.134. The van der Waals surface area contributed by atoms with Crippen molar-refractivity contribution in [3.63, 3.8) is 0 Å². The number of β-amino-alcohol motifs (C(OH)–C–C–N with tert-alkyl or cyclic N) is 1. The fourth-order valence-corrected chi connectivity index (χ4v) is 3.63. The third kappa shape index (κ3) is 7.55. The highest BCUT2D eigenvalue weighted by Crippen LogP contribution is 2.31. The topological polar surface area (TPSA) is 122 Å². The van der Waals surface area contributed by atoms with E-state index in [1.54, 1.807) is 13.0 Å². The molecule has 2 aromatic carbocycles. The zero-order chi connectivity index (χ0) is 25.6. The van der Waals surface area contributed by atoms with Gasteiger partial charge >= 0.3 is 0 Å². The second-order valence-electron chi connectivity index (χ2n) is 7.92. The number of benzene rings is 2. The van der Waals surface area contributed by atoms with E-state index in [1.807, 2.05) is 22.6 Å². The standard InChI is InChI=1S/C20H21F3IN3O3.C2H4O2/c1-11(28)7-25-8-20(30)9-27(10-20)19(29)13-3-4-14(21)17(23)18(13)26-16-5-2-12(24)6-15(16)22;1-2(3)4/h2-6,11,25-26,28,30H,7-10H2,1H3;1H3,(H,3,4). The van der Waals surface area contributed by atoms with Crippen LogP contribution in [0, 0.1) is 21.0 Å². The lowest BCUT2D eigenvalue weighted by Gasteiger charge is -2.46. The van der Waals surface area contributed by atoms with Crippen LogP contribution in [0.2, 0.25) is 0 Å². The van der Waals surface area contributed by atoms with Gasteiger partial charge in [0.15, 0.2) is 11.6 Å². The smallest absolute Gasteiger partial charge is 0.300 e. The van der Waals surface area contributed by atoms with Gasteiger partial charge in [0, 0.05) is 23.6 Å². The van der Waals surface area contributed by atoms with Crippen molar-refractivity contribution in [2.75, 3.05) is 31.5 Å². The second-order valence-corrected chi connectivity index (χ2v) is 9.16. The predicted molar refractivity (Wildman–Crippen MR) is 127 cm³/mol. The molecule has 3 rings (SSSR count). The summed E-state index contributed by atoms with van der Waals surface area (Å²) in [5, 5.41) is 32.5. The maximum absolute atomic E-state index is 14.5. The molecule has 0 radical (unpaired) electrons. The highest BCUT2D eigenvalue weighted by molar-refractivity contribution is 14.1. The molecule has 5 N–H and O–H groups in total. The third-order valence-electron chi connectivity index (χ3n) is 4.67. The molecule has 1 heterocycles. The van der Waals surface area contributed by atoms with Crippen LogP contribution < -0.4 is 10.6 Å². The molecule has 8 nitrogen and oxygen atoms in total. The average molecular weight is 595 g/mol. The molecule has 0 aromatic heterocycles. The summed E-state index contributed by atoms with van der Waals surface area (Å²) in [6, 6.07) is 6.12. The number of nitrogens with one attached hydrogen (secondary N) is 2. The molecular formula is C22H25F3IN3O5. The van der Waals surface area contributed by atoms with Gasteiger partial charge in [-0.2, -0.15) is 0 Å². The number of hydrogen-bond donors (Lipinski definition) is 5. The van der Waals surface area contributed by atoms with Gasteiger partial charge in [0.05, 0.1) is 36.1 Å². The molecule has 1 aliphatic heterocycles. The molecule has 2 aromatic rings. The summed E-state index contributed by atoms with van der Waals surface area (Å²) < 4.78 is 43.1. The second kappa shape index (κ2) is 11.8. The quantitative estimate of drug-likeness (QED) is 0.312. The first-order valence-corrected chi connectivity index (χ1v) is 11.2. The summed E-state index contributed by atoms with van der Waals surface area (Å²) in [5.41, 5.74) is -1.93. The highest BCUT2D eigenvalue weighted by atomic mass is 127. The molecular weight excluding hydrogens is 570 g/mol. The summed E-state index contributed by atoms with van der Waals surface area (Å²) in [6.07, 6.45) is -0.580. The van der Waals surface area contributed by atoms with Gasteiger partial charge in [-0.1, -0.05) is 0 Å². The lowest BCUT2D eigenvalue weighted by atomic mass is 9.92. The Balaban J connectivity index is 0.000000945. The van der Waals surface area contributed by atoms with Gasteiger partial charge in [-0.3, -0.25) is 9.59 Å². The van der Waals surface area contributed by atoms with Crippen molar-refractivity contribution in [2.24, 2.45) is 0 Å². The Morgan fingerprint density at radius 1 is 1.18 bits per heavy atom. The van der Waals surface area contributed by atoms with Crippen molar-refractivity contribution < 1.29 is 38.1 Å². The van der Waals surface area contributed by atoms with Crippen molar-refractivity contribution in [1.82, 2.24) is 10.2 Å². The van der Waals surface area contributed by atoms with Crippen LogP contribution >= 0.6 is 22.6 Å². The van der Waals surface area contributed by atoms with Crippen LogP contribution in [-0.4, -0.2) is 70.0 Å². The number of carbonyl (C=O) groups is 2. The molecule has 0 spiro atoms. The predicted octanol–water partition coefficient (Wildman–Crippen LogP) is 2.70. The van der Waals surface area contributed by atoms with E-state index in [-0.39, 0.29) is 37.4 Å². The number of nitrogens with zero attached hydrogens (tertiary/aromatic N) is 1. The first-order valence-electron chi connectivity index (χ1n) is 10.1. The van der Waals surface area contributed by atoms with Crippen molar-refractivity contribution in [1.29, 1.82) is 0 Å². The zero-order valence-corrected chi connectivity index (χ0v) is 20.6. The summed E-state index contributed by atoms with van der Waals surface area (Å²) in [6.45, 7) is 3.10. The molecule has 1 saturated heterocycles. The molecule has 1 atom stereocenters. The maximum Gasteiger partial charge on any atom is 0.300 e. The van der Waals surface area contributed by atoms with Crippen LogP contribution in [-0.2, 0) is 4.79 Å². The van der Waals surface area contributed by atoms with Crippen LogP contribution in [0.25, 0.3) is 0 Å². The molecule has 12 heteroatoms. The van der Waals surface area contributed by atoms with Crippen molar-refractivity contribution >= 4 is 45.8 Å². The van der Waals surface area contributed by atoms with Crippen LogP contribution in [0.15, 0.2) is 30.3 Å². The largest absolute Gasteiger partial charge is 0.481 e. The Hall–Kier alpha value is -2.42. The van der Waals surface area contributed by atoms with Crippen LogP contribution in [0.5, 0.6) is 0 Å². The van der Waals surface area contributed by atoms with E-state index in [9.17, 15) is 28.2 Å². The number of carbonyl (C=O) groups excluding carboxylic acids is 1. The molecule has 1 aliphatic rings. The summed E-state index contributed by atoms with van der Waals surface area (Å²) >= 11 is 1.91. The summed E-state index contributed by atoms with van der Waals surface area (Å²) in [4.78, 5) is 23.1. The van der Waals surface area contributed by atoms with Crippen LogP contribution in [0.4, 0.5) is 24.5 Å². The van der Waals surface area contributed by atoms with Crippen molar-refractivity contribution in [3.8, 4) is 0 Å². The lowest BCUT2D eigenvalue weighted by Crippen LogP contribution is -2.67. The SMILES string of the molecule is CC(=O)O.CC(O)CNCC1(O)CN(C(=O)c2ccc(F)c(F)c2Nc2ccc(I)cc2F)C1. The minimum absolute atomic E-state index is 0.0189. The molecule has 34 heavy (non-hydrogen) atoms. The number of hydrogen-bond acceptors (Lipinski definition) is 6. The Morgan fingerprint density at radius 3 is 2.35 bits per heavy atom. The van der Waals surface area contributed by atoms with Gasteiger partial charge in [0.1, 0.15) is 11.4 Å².